The second-order valence-corrected chi connectivity index (χ2v) is 7.20. The fraction of sp³-hybridized carbons (Fsp3) is 0.667. The number of carbonyl (C=O) groups excluding carboxylic acids is 3. The average molecular weight is 429 g/mol. The maximum atomic E-state index is 12.3. The first-order chi connectivity index (χ1) is 14.0. The molecule has 1 rings (SSSR count). The molecule has 1 fully saturated rings. The third-order valence-corrected chi connectivity index (χ3v) is 4.51. The highest BCUT2D eigenvalue weighted by Gasteiger charge is 2.26. The fourth-order valence-corrected chi connectivity index (χ4v) is 3.10. The van der Waals surface area contributed by atoms with Gasteiger partial charge in [-0.2, -0.15) is 0 Å². The number of carboxylic acid groups (broad SMARTS) is 3. The molecular formula is C18H27N3O9. The van der Waals surface area contributed by atoms with Crippen LogP contribution >= 0.6 is 0 Å². The summed E-state index contributed by atoms with van der Waals surface area (Å²) in [6.45, 7) is 0. The quantitative estimate of drug-likeness (QED) is 0.272. The Labute approximate surface area is 172 Å². The summed E-state index contributed by atoms with van der Waals surface area (Å²) in [4.78, 5) is 69.5. The molecule has 3 unspecified atom stereocenters. The molecule has 0 aliphatic carbocycles. The predicted molar refractivity (Wildman–Crippen MR) is 100 cm³/mol. The molecule has 1 heterocycles. The number of amides is 3. The Balaban J connectivity index is 2.98. The molecule has 3 amide bonds. The summed E-state index contributed by atoms with van der Waals surface area (Å²) in [6.07, 6.45) is -1.53. The van der Waals surface area contributed by atoms with Crippen LogP contribution in [-0.4, -0.2) is 69.1 Å². The summed E-state index contributed by atoms with van der Waals surface area (Å²) in [5.74, 6) is -4.92. The van der Waals surface area contributed by atoms with Crippen molar-refractivity contribution in [1.29, 1.82) is 0 Å². The molecule has 0 aromatic rings. The van der Waals surface area contributed by atoms with E-state index in [2.05, 4.69) is 16.0 Å². The second-order valence-electron chi connectivity index (χ2n) is 7.20. The number of aliphatic carboxylic acids is 3. The van der Waals surface area contributed by atoms with Crippen molar-refractivity contribution in [2.24, 2.45) is 0 Å². The highest BCUT2D eigenvalue weighted by molar-refractivity contribution is 5.83. The summed E-state index contributed by atoms with van der Waals surface area (Å²) < 4.78 is 0. The number of rotatable bonds is 9. The van der Waals surface area contributed by atoms with Crippen LogP contribution in [0.25, 0.3) is 0 Å². The molecule has 1 aliphatic heterocycles. The van der Waals surface area contributed by atoms with Gasteiger partial charge in [-0.1, -0.05) is 0 Å². The van der Waals surface area contributed by atoms with E-state index >= 15 is 0 Å². The fourth-order valence-electron chi connectivity index (χ4n) is 3.10. The van der Waals surface area contributed by atoms with E-state index in [1.54, 1.807) is 0 Å². The molecule has 12 nitrogen and oxygen atoms in total. The van der Waals surface area contributed by atoms with Crippen molar-refractivity contribution in [3.63, 3.8) is 0 Å². The van der Waals surface area contributed by atoms with Crippen LogP contribution in [0, 0.1) is 0 Å². The van der Waals surface area contributed by atoms with Crippen molar-refractivity contribution in [2.45, 2.75) is 75.9 Å². The molecule has 0 bridgehead atoms. The zero-order valence-electron chi connectivity index (χ0n) is 16.4. The van der Waals surface area contributed by atoms with Gasteiger partial charge in [0.2, 0.25) is 17.7 Å². The molecule has 0 aromatic heterocycles. The molecule has 1 saturated heterocycles. The van der Waals surface area contributed by atoms with Crippen molar-refractivity contribution >= 4 is 35.6 Å². The topological polar surface area (TPSA) is 199 Å². The number of carbonyl (C=O) groups is 6. The van der Waals surface area contributed by atoms with E-state index in [-0.39, 0.29) is 57.8 Å². The summed E-state index contributed by atoms with van der Waals surface area (Å²) in [5.41, 5.74) is 0. The average Bonchev–Trinajstić information content (AvgIpc) is 2.61. The van der Waals surface area contributed by atoms with E-state index in [0.29, 0.717) is 0 Å². The first kappa shape index (κ1) is 24.9. The minimum Gasteiger partial charge on any atom is -0.481 e. The van der Waals surface area contributed by atoms with Gasteiger partial charge >= 0.3 is 17.9 Å². The Morgan fingerprint density at radius 2 is 0.833 bits per heavy atom. The molecule has 30 heavy (non-hydrogen) atoms. The lowest BCUT2D eigenvalue weighted by atomic mass is 10.0. The highest BCUT2D eigenvalue weighted by atomic mass is 16.4. The molecule has 0 radical (unpaired) electrons. The van der Waals surface area contributed by atoms with Gasteiger partial charge in [0, 0.05) is 56.7 Å². The monoisotopic (exact) mass is 429 g/mol. The molecule has 168 valence electrons. The Morgan fingerprint density at radius 3 is 1.03 bits per heavy atom. The van der Waals surface area contributed by atoms with Crippen molar-refractivity contribution in [3.8, 4) is 0 Å². The van der Waals surface area contributed by atoms with Crippen molar-refractivity contribution in [3.05, 3.63) is 0 Å². The zero-order chi connectivity index (χ0) is 22.7. The largest absolute Gasteiger partial charge is 0.481 e. The van der Waals surface area contributed by atoms with E-state index in [9.17, 15) is 28.8 Å². The lowest BCUT2D eigenvalue weighted by Crippen LogP contribution is -2.48. The van der Waals surface area contributed by atoms with Crippen molar-refractivity contribution in [2.75, 3.05) is 0 Å². The summed E-state index contributed by atoms with van der Waals surface area (Å²) >= 11 is 0. The third-order valence-electron chi connectivity index (χ3n) is 4.51. The van der Waals surface area contributed by atoms with E-state index < -0.39 is 53.8 Å². The Morgan fingerprint density at radius 1 is 0.600 bits per heavy atom. The molecule has 0 spiro atoms. The van der Waals surface area contributed by atoms with Gasteiger partial charge in [-0.05, 0) is 19.3 Å². The van der Waals surface area contributed by atoms with Gasteiger partial charge < -0.3 is 31.3 Å². The second kappa shape index (κ2) is 12.4. The van der Waals surface area contributed by atoms with Crippen LogP contribution < -0.4 is 16.0 Å². The van der Waals surface area contributed by atoms with Gasteiger partial charge in [-0.3, -0.25) is 28.8 Å². The third kappa shape index (κ3) is 11.0. The van der Waals surface area contributed by atoms with Crippen molar-refractivity contribution < 1.29 is 44.1 Å². The first-order valence-corrected chi connectivity index (χ1v) is 9.58. The van der Waals surface area contributed by atoms with E-state index in [1.165, 1.54) is 0 Å². The van der Waals surface area contributed by atoms with Crippen LogP contribution in [0.4, 0.5) is 0 Å². The van der Waals surface area contributed by atoms with Gasteiger partial charge in [-0.25, -0.2) is 0 Å². The van der Waals surface area contributed by atoms with Gasteiger partial charge in [0.05, 0.1) is 0 Å². The Bertz CT molecular complexity index is 565. The normalized spacial score (nSPS) is 23.2. The number of carboxylic acids is 3. The minimum atomic E-state index is -1.10. The lowest BCUT2D eigenvalue weighted by Gasteiger charge is -2.25. The van der Waals surface area contributed by atoms with E-state index in [4.69, 9.17) is 15.3 Å². The molecule has 1 aliphatic rings. The van der Waals surface area contributed by atoms with Crippen molar-refractivity contribution in [1.82, 2.24) is 16.0 Å². The maximum Gasteiger partial charge on any atom is 0.303 e. The summed E-state index contributed by atoms with van der Waals surface area (Å²) in [6, 6.07) is -2.32. The molecule has 6 N–H and O–H groups in total. The molecule has 0 aromatic carbocycles. The van der Waals surface area contributed by atoms with Gasteiger partial charge in [0.15, 0.2) is 0 Å². The van der Waals surface area contributed by atoms with Crippen LogP contribution in [0.2, 0.25) is 0 Å². The smallest absolute Gasteiger partial charge is 0.303 e. The van der Waals surface area contributed by atoms with Gasteiger partial charge in [0.1, 0.15) is 0 Å². The Kier molecular flexibility index (Phi) is 10.3. The highest BCUT2D eigenvalue weighted by Crippen LogP contribution is 2.11. The minimum absolute atomic E-state index is 0.000434. The summed E-state index contributed by atoms with van der Waals surface area (Å²) in [5, 5.41) is 34.3. The Hall–Kier alpha value is -3.18. The number of hydrogen-bond donors (Lipinski definition) is 6. The SMILES string of the molecule is O=C(O)CCC1CC(=O)NC(CCC(=O)O)CC(=O)NC(CCC(=O)O)CC(=O)N1. The first-order valence-electron chi connectivity index (χ1n) is 9.58. The lowest BCUT2D eigenvalue weighted by molar-refractivity contribution is -0.138. The number of nitrogens with one attached hydrogen (secondary N) is 3. The van der Waals surface area contributed by atoms with E-state index in [0.717, 1.165) is 0 Å². The van der Waals surface area contributed by atoms with Crippen LogP contribution in [0.5, 0.6) is 0 Å². The predicted octanol–water partition coefficient (Wildman–Crippen LogP) is -0.781. The molecular weight excluding hydrogens is 402 g/mol. The van der Waals surface area contributed by atoms with Gasteiger partial charge in [0.25, 0.3) is 0 Å². The van der Waals surface area contributed by atoms with Crippen LogP contribution in [0.3, 0.4) is 0 Å². The zero-order valence-corrected chi connectivity index (χ0v) is 16.4. The summed E-state index contributed by atoms with van der Waals surface area (Å²) in [7, 11) is 0. The molecule has 0 saturated carbocycles. The molecule has 3 atom stereocenters. The molecule has 12 heteroatoms. The number of hydrogen-bond acceptors (Lipinski definition) is 6. The van der Waals surface area contributed by atoms with E-state index in [1.807, 2.05) is 0 Å². The van der Waals surface area contributed by atoms with Crippen LogP contribution in [0.15, 0.2) is 0 Å². The van der Waals surface area contributed by atoms with Crippen LogP contribution in [-0.2, 0) is 28.8 Å². The van der Waals surface area contributed by atoms with Gasteiger partial charge in [-0.15, -0.1) is 0 Å². The van der Waals surface area contributed by atoms with Crippen LogP contribution in [0.1, 0.15) is 57.8 Å². The standard InChI is InChI=1S/C18H27N3O9/c22-13-7-10(1-4-16(25)26)19-14(23)8-11(2-5-17(27)28)21-15(24)9-12(20-13)3-6-18(29)30/h10-12H,1-9H2,(H,19,23)(H,20,22)(H,21,24)(H,25,26)(H,27,28)(H,29,30). The maximum absolute atomic E-state index is 12.3.